The number of benzene rings is 2. The highest BCUT2D eigenvalue weighted by atomic mass is 19.4. The molecule has 2 saturated heterocycles. The number of alkyl halides is 4. The Morgan fingerprint density at radius 1 is 1.00 bits per heavy atom. The van der Waals surface area contributed by atoms with Gasteiger partial charge >= 0.3 is 6.18 Å². The fourth-order valence-corrected chi connectivity index (χ4v) is 6.75. The van der Waals surface area contributed by atoms with Crippen molar-refractivity contribution in [2.24, 2.45) is 11.8 Å². The zero-order valence-electron chi connectivity index (χ0n) is 24.2. The Hall–Kier alpha value is -2.49. The van der Waals surface area contributed by atoms with Crippen molar-refractivity contribution < 1.29 is 31.8 Å². The van der Waals surface area contributed by atoms with Crippen molar-refractivity contribution in [3.63, 3.8) is 0 Å². The lowest BCUT2D eigenvalue weighted by molar-refractivity contribution is -0.178. The average Bonchev–Trinajstić information content (AvgIpc) is 3.91. The number of carbonyl (C=O) groups excluding carboxylic acids is 1. The molecule has 2 bridgehead atoms. The Morgan fingerprint density at radius 2 is 1.74 bits per heavy atom. The summed E-state index contributed by atoms with van der Waals surface area (Å²) in [6.07, 6.45) is 0.887. The van der Waals surface area contributed by atoms with Crippen molar-refractivity contribution in [1.29, 1.82) is 0 Å². The smallest absolute Gasteiger partial charge is 0.379 e. The molecular formula is C33H40F4N2O3. The monoisotopic (exact) mass is 588 g/mol. The summed E-state index contributed by atoms with van der Waals surface area (Å²) in [5.41, 5.74) is -0.660. The van der Waals surface area contributed by atoms with Crippen LogP contribution < -0.4 is 0 Å². The van der Waals surface area contributed by atoms with Crippen LogP contribution in [0.15, 0.2) is 48.5 Å². The predicted molar refractivity (Wildman–Crippen MR) is 150 cm³/mol. The van der Waals surface area contributed by atoms with Crippen molar-refractivity contribution in [3.8, 4) is 0 Å². The summed E-state index contributed by atoms with van der Waals surface area (Å²) in [5.74, 6) is 1.29. The highest BCUT2D eigenvalue weighted by molar-refractivity contribution is 5.80. The van der Waals surface area contributed by atoms with Crippen LogP contribution in [-0.2, 0) is 32.7 Å². The maximum absolute atomic E-state index is 13.8. The standard InChI is InChI=1S/C33H40F4N2O3/c1-23(27-13-26(16-34)14-29(15-27)33(35,36)37)42-22-32(28-5-3-2-4-6-28)12-11-31(21-41-19-25-9-10-25)20-38(32)18-30(40)39(31)17-24-7-8-24/h2-6,13-15,23-25H,7-12,16-22H2,1H3/t23-,31-,32-/m1/s1. The molecule has 1 amide bonds. The van der Waals surface area contributed by atoms with Crippen LogP contribution in [0.2, 0.25) is 0 Å². The molecule has 42 heavy (non-hydrogen) atoms. The molecule has 4 fully saturated rings. The summed E-state index contributed by atoms with van der Waals surface area (Å²) in [6.45, 7) is 3.82. The number of hydrogen-bond acceptors (Lipinski definition) is 4. The van der Waals surface area contributed by atoms with E-state index in [0.717, 1.165) is 50.1 Å². The number of rotatable bonds is 12. The molecule has 0 radical (unpaired) electrons. The number of ether oxygens (including phenoxy) is 2. The topological polar surface area (TPSA) is 42.0 Å². The first-order valence-corrected chi connectivity index (χ1v) is 15.2. The van der Waals surface area contributed by atoms with Crippen molar-refractivity contribution in [3.05, 3.63) is 70.8 Å². The number of piperidine rings is 1. The van der Waals surface area contributed by atoms with E-state index >= 15 is 0 Å². The SMILES string of the molecule is C[C@@H](OC[C@@]1(c2ccccc2)CC[C@]2(COCC3CC3)CN1CC(=O)N2CC1CC1)c1cc(CF)cc(C(F)(F)F)c1. The van der Waals surface area contributed by atoms with E-state index in [1.807, 2.05) is 30.3 Å². The summed E-state index contributed by atoms with van der Waals surface area (Å²) in [5, 5.41) is 0. The van der Waals surface area contributed by atoms with Gasteiger partial charge in [0.15, 0.2) is 0 Å². The number of hydrogen-bond donors (Lipinski definition) is 0. The third-order valence-electron chi connectivity index (χ3n) is 9.70. The molecule has 1 unspecified atom stereocenters. The average molecular weight is 589 g/mol. The molecule has 2 aromatic carbocycles. The lowest BCUT2D eigenvalue weighted by Gasteiger charge is -2.60. The van der Waals surface area contributed by atoms with Crippen LogP contribution in [0.25, 0.3) is 0 Å². The van der Waals surface area contributed by atoms with Crippen LogP contribution >= 0.6 is 0 Å². The number of piperazine rings is 1. The number of amides is 1. The largest absolute Gasteiger partial charge is 0.416 e. The summed E-state index contributed by atoms with van der Waals surface area (Å²) < 4.78 is 66.8. The molecule has 4 atom stereocenters. The van der Waals surface area contributed by atoms with E-state index in [-0.39, 0.29) is 30.2 Å². The molecule has 5 nitrogen and oxygen atoms in total. The van der Waals surface area contributed by atoms with Gasteiger partial charge in [0.2, 0.25) is 5.91 Å². The van der Waals surface area contributed by atoms with Crippen molar-refractivity contribution in [2.45, 2.75) is 75.5 Å². The summed E-state index contributed by atoms with van der Waals surface area (Å²) >= 11 is 0. The van der Waals surface area contributed by atoms with Gasteiger partial charge in [0, 0.05) is 19.7 Å². The highest BCUT2D eigenvalue weighted by Gasteiger charge is 2.57. The lowest BCUT2D eigenvalue weighted by Crippen LogP contribution is -2.74. The first kappa shape index (κ1) is 29.6. The molecule has 6 rings (SSSR count). The van der Waals surface area contributed by atoms with Crippen LogP contribution in [0.5, 0.6) is 0 Å². The molecule has 9 heteroatoms. The summed E-state index contributed by atoms with van der Waals surface area (Å²) in [6, 6.07) is 13.3. The fraction of sp³-hybridized carbons (Fsp3) is 0.606. The van der Waals surface area contributed by atoms with Crippen LogP contribution in [0.4, 0.5) is 17.6 Å². The van der Waals surface area contributed by atoms with Gasteiger partial charge in [-0.2, -0.15) is 13.2 Å². The van der Waals surface area contributed by atoms with Gasteiger partial charge in [-0.15, -0.1) is 0 Å². The van der Waals surface area contributed by atoms with E-state index in [4.69, 9.17) is 9.47 Å². The number of halogens is 4. The van der Waals surface area contributed by atoms with Gasteiger partial charge in [-0.05, 0) is 86.1 Å². The van der Waals surface area contributed by atoms with Gasteiger partial charge in [-0.3, -0.25) is 9.69 Å². The van der Waals surface area contributed by atoms with Crippen LogP contribution in [-0.4, -0.2) is 60.7 Å². The molecule has 2 aliphatic carbocycles. The molecule has 0 aromatic heterocycles. The van der Waals surface area contributed by atoms with E-state index in [9.17, 15) is 22.4 Å². The van der Waals surface area contributed by atoms with Gasteiger partial charge in [-0.25, -0.2) is 4.39 Å². The third kappa shape index (κ3) is 6.10. The normalized spacial score (nSPS) is 28.6. The minimum absolute atomic E-state index is 0.0286. The molecule has 4 aliphatic rings. The van der Waals surface area contributed by atoms with Gasteiger partial charge in [0.1, 0.15) is 6.67 Å². The Labute approximate surface area is 245 Å². The first-order chi connectivity index (χ1) is 20.1. The van der Waals surface area contributed by atoms with Gasteiger partial charge in [0.05, 0.1) is 42.5 Å². The van der Waals surface area contributed by atoms with Crippen LogP contribution in [0.3, 0.4) is 0 Å². The minimum atomic E-state index is -4.58. The number of carbonyl (C=O) groups is 1. The van der Waals surface area contributed by atoms with E-state index in [1.54, 1.807) is 6.92 Å². The Bertz CT molecular complexity index is 1270. The summed E-state index contributed by atoms with van der Waals surface area (Å²) in [7, 11) is 0. The molecule has 2 aliphatic heterocycles. The fourth-order valence-electron chi connectivity index (χ4n) is 6.75. The molecule has 0 spiro atoms. The highest BCUT2D eigenvalue weighted by Crippen LogP contribution is 2.48. The van der Waals surface area contributed by atoms with E-state index in [2.05, 4.69) is 9.80 Å². The quantitative estimate of drug-likeness (QED) is 0.260. The van der Waals surface area contributed by atoms with E-state index in [1.165, 1.54) is 18.9 Å². The first-order valence-electron chi connectivity index (χ1n) is 15.2. The van der Waals surface area contributed by atoms with Crippen molar-refractivity contribution in [2.75, 3.05) is 39.5 Å². The zero-order valence-corrected chi connectivity index (χ0v) is 24.2. The third-order valence-corrected chi connectivity index (χ3v) is 9.70. The second-order valence-electron chi connectivity index (χ2n) is 12.9. The Morgan fingerprint density at radius 3 is 2.40 bits per heavy atom. The number of fused-ring (bicyclic) bond motifs is 2. The van der Waals surface area contributed by atoms with Crippen LogP contribution in [0, 0.1) is 11.8 Å². The molecule has 2 saturated carbocycles. The second kappa shape index (κ2) is 11.5. The second-order valence-corrected chi connectivity index (χ2v) is 12.9. The maximum Gasteiger partial charge on any atom is 0.416 e. The maximum atomic E-state index is 13.8. The zero-order chi connectivity index (χ0) is 29.5. The minimum Gasteiger partial charge on any atom is -0.379 e. The molecule has 0 N–H and O–H groups in total. The Kier molecular flexibility index (Phi) is 8.13. The van der Waals surface area contributed by atoms with Gasteiger partial charge in [0.25, 0.3) is 0 Å². The predicted octanol–water partition coefficient (Wildman–Crippen LogP) is 6.66. The van der Waals surface area contributed by atoms with Crippen molar-refractivity contribution >= 4 is 5.91 Å². The molecule has 228 valence electrons. The van der Waals surface area contributed by atoms with E-state index < -0.39 is 35.6 Å². The summed E-state index contributed by atoms with van der Waals surface area (Å²) in [4.78, 5) is 18.1. The van der Waals surface area contributed by atoms with Crippen molar-refractivity contribution in [1.82, 2.24) is 9.80 Å². The molecule has 2 aromatic rings. The van der Waals surface area contributed by atoms with Gasteiger partial charge < -0.3 is 14.4 Å². The van der Waals surface area contributed by atoms with Crippen LogP contribution in [0.1, 0.15) is 73.8 Å². The van der Waals surface area contributed by atoms with Gasteiger partial charge in [-0.1, -0.05) is 36.4 Å². The van der Waals surface area contributed by atoms with E-state index in [0.29, 0.717) is 31.4 Å². The lowest BCUT2D eigenvalue weighted by atomic mass is 9.72. The molecule has 2 heterocycles. The Balaban J connectivity index is 1.27. The molecular weight excluding hydrogens is 548 g/mol. The number of nitrogens with zero attached hydrogens (tertiary/aromatic N) is 2.